The summed E-state index contributed by atoms with van der Waals surface area (Å²) in [7, 11) is 1.51. The molecule has 1 aromatic carbocycles. The normalized spacial score (nSPS) is 12.2. The molecule has 0 fully saturated rings. The highest BCUT2D eigenvalue weighted by molar-refractivity contribution is 5.46. The fourth-order valence-electron chi connectivity index (χ4n) is 1.19. The topological polar surface area (TPSA) is 78.4 Å². The van der Waals surface area contributed by atoms with E-state index >= 15 is 0 Å². The van der Waals surface area contributed by atoms with Gasteiger partial charge in [0.15, 0.2) is 0 Å². The van der Waals surface area contributed by atoms with Crippen molar-refractivity contribution in [2.45, 2.75) is 13.0 Å². The first-order valence-corrected chi connectivity index (χ1v) is 4.14. The van der Waals surface area contributed by atoms with E-state index < -0.39 is 4.92 Å². The zero-order valence-electron chi connectivity index (χ0n) is 8.06. The lowest BCUT2D eigenvalue weighted by Crippen LogP contribution is -2.08. The molecule has 0 bridgehead atoms. The summed E-state index contributed by atoms with van der Waals surface area (Å²) >= 11 is 0. The molecule has 0 unspecified atom stereocenters. The minimum Gasteiger partial charge on any atom is -0.497 e. The second kappa shape index (κ2) is 4.06. The third kappa shape index (κ3) is 2.00. The third-order valence-electron chi connectivity index (χ3n) is 1.92. The van der Waals surface area contributed by atoms with E-state index in [2.05, 4.69) is 0 Å². The number of hydrogen-bond donors (Lipinski definition) is 1. The molecular formula is C9H12N2O3. The van der Waals surface area contributed by atoms with E-state index in [1.54, 1.807) is 19.1 Å². The molecule has 0 aromatic heterocycles. The molecule has 1 rings (SSSR count). The fourth-order valence-corrected chi connectivity index (χ4v) is 1.19. The van der Waals surface area contributed by atoms with E-state index in [-0.39, 0.29) is 11.7 Å². The Balaban J connectivity index is 3.24. The predicted octanol–water partition coefficient (Wildman–Crippen LogP) is 1.62. The van der Waals surface area contributed by atoms with Gasteiger partial charge in [-0.1, -0.05) is 0 Å². The average Bonchev–Trinajstić information content (AvgIpc) is 2.16. The average molecular weight is 196 g/mol. The maximum absolute atomic E-state index is 10.6. The number of hydrogen-bond acceptors (Lipinski definition) is 4. The summed E-state index contributed by atoms with van der Waals surface area (Å²) in [6.07, 6.45) is 0. The number of methoxy groups -OCH3 is 1. The van der Waals surface area contributed by atoms with Gasteiger partial charge in [0.05, 0.1) is 12.0 Å². The molecule has 1 aromatic rings. The molecule has 0 amide bonds. The second-order valence-corrected chi connectivity index (χ2v) is 2.97. The zero-order valence-corrected chi connectivity index (χ0v) is 8.06. The van der Waals surface area contributed by atoms with Crippen molar-refractivity contribution < 1.29 is 9.66 Å². The van der Waals surface area contributed by atoms with Crippen molar-refractivity contribution in [2.75, 3.05) is 7.11 Å². The summed E-state index contributed by atoms with van der Waals surface area (Å²) in [6, 6.07) is 4.15. The molecule has 0 aliphatic heterocycles. The first kappa shape index (κ1) is 10.5. The summed E-state index contributed by atoms with van der Waals surface area (Å²) in [6.45, 7) is 1.70. The van der Waals surface area contributed by atoms with Gasteiger partial charge in [0.2, 0.25) is 0 Å². The number of nitro benzene ring substituents is 1. The predicted molar refractivity (Wildman–Crippen MR) is 52.3 cm³/mol. The van der Waals surface area contributed by atoms with Crippen molar-refractivity contribution >= 4 is 5.69 Å². The highest BCUT2D eigenvalue weighted by Crippen LogP contribution is 2.27. The van der Waals surface area contributed by atoms with E-state index in [1.165, 1.54) is 13.2 Å². The number of ether oxygens (including phenoxy) is 1. The second-order valence-electron chi connectivity index (χ2n) is 2.97. The zero-order chi connectivity index (χ0) is 10.7. The molecule has 14 heavy (non-hydrogen) atoms. The molecule has 0 aliphatic rings. The van der Waals surface area contributed by atoms with Crippen molar-refractivity contribution in [3.63, 3.8) is 0 Å². The maximum atomic E-state index is 10.6. The van der Waals surface area contributed by atoms with Crippen molar-refractivity contribution in [3.05, 3.63) is 33.9 Å². The van der Waals surface area contributed by atoms with Crippen LogP contribution in [0.5, 0.6) is 5.75 Å². The number of nitrogens with zero attached hydrogens (tertiary/aromatic N) is 1. The smallest absolute Gasteiger partial charge is 0.274 e. The first-order valence-electron chi connectivity index (χ1n) is 4.14. The van der Waals surface area contributed by atoms with Crippen LogP contribution < -0.4 is 10.5 Å². The highest BCUT2D eigenvalue weighted by Gasteiger charge is 2.17. The highest BCUT2D eigenvalue weighted by atomic mass is 16.6. The number of rotatable bonds is 3. The lowest BCUT2D eigenvalue weighted by atomic mass is 10.1. The molecule has 5 heteroatoms. The van der Waals surface area contributed by atoms with Crippen LogP contribution in [0.3, 0.4) is 0 Å². The molecule has 0 saturated carbocycles. The van der Waals surface area contributed by atoms with E-state index in [9.17, 15) is 10.1 Å². The van der Waals surface area contributed by atoms with Gasteiger partial charge in [-0.05, 0) is 19.1 Å². The van der Waals surface area contributed by atoms with Crippen LogP contribution >= 0.6 is 0 Å². The standard InChI is InChI=1S/C9H12N2O3/c1-6(10)8-5-7(14-2)3-4-9(8)11(12)13/h3-6H,10H2,1-2H3/t6-/m0/s1. The van der Waals surface area contributed by atoms with Crippen LogP contribution in [0.15, 0.2) is 18.2 Å². The number of nitrogens with two attached hydrogens (primary N) is 1. The molecule has 76 valence electrons. The van der Waals surface area contributed by atoms with Crippen molar-refractivity contribution in [2.24, 2.45) is 5.73 Å². The summed E-state index contributed by atoms with van der Waals surface area (Å²) in [5, 5.41) is 10.6. The Hall–Kier alpha value is -1.62. The van der Waals surface area contributed by atoms with Crippen LogP contribution in [0, 0.1) is 10.1 Å². The Kier molecular flexibility index (Phi) is 3.03. The van der Waals surface area contributed by atoms with Crippen LogP contribution in [0.1, 0.15) is 18.5 Å². The van der Waals surface area contributed by atoms with Gasteiger partial charge in [0, 0.05) is 17.7 Å². The van der Waals surface area contributed by atoms with Crippen molar-refractivity contribution in [1.82, 2.24) is 0 Å². The quantitative estimate of drug-likeness (QED) is 0.588. The van der Waals surface area contributed by atoms with Crippen LogP contribution in [0.25, 0.3) is 0 Å². The van der Waals surface area contributed by atoms with Crippen molar-refractivity contribution in [3.8, 4) is 5.75 Å². The largest absolute Gasteiger partial charge is 0.497 e. The summed E-state index contributed by atoms with van der Waals surface area (Å²) in [4.78, 5) is 10.2. The molecule has 0 aliphatic carbocycles. The van der Waals surface area contributed by atoms with Gasteiger partial charge in [0.1, 0.15) is 5.75 Å². The first-order chi connectivity index (χ1) is 6.56. The fraction of sp³-hybridized carbons (Fsp3) is 0.333. The third-order valence-corrected chi connectivity index (χ3v) is 1.92. The van der Waals surface area contributed by atoms with Gasteiger partial charge in [-0.3, -0.25) is 10.1 Å². The van der Waals surface area contributed by atoms with Crippen LogP contribution in [0.2, 0.25) is 0 Å². The summed E-state index contributed by atoms with van der Waals surface area (Å²) in [5.41, 5.74) is 6.13. The van der Waals surface area contributed by atoms with Gasteiger partial charge in [-0.25, -0.2) is 0 Å². The molecule has 0 heterocycles. The Bertz CT molecular complexity index is 350. The van der Waals surface area contributed by atoms with Gasteiger partial charge >= 0.3 is 0 Å². The lowest BCUT2D eigenvalue weighted by Gasteiger charge is -2.08. The Morgan fingerprint density at radius 3 is 2.64 bits per heavy atom. The van der Waals surface area contributed by atoms with E-state index in [0.29, 0.717) is 11.3 Å². The minimum absolute atomic E-state index is 0.0285. The van der Waals surface area contributed by atoms with E-state index in [4.69, 9.17) is 10.5 Å². The van der Waals surface area contributed by atoms with Gasteiger partial charge in [0.25, 0.3) is 5.69 Å². The van der Waals surface area contributed by atoms with E-state index in [1.807, 2.05) is 0 Å². The van der Waals surface area contributed by atoms with Crippen molar-refractivity contribution in [1.29, 1.82) is 0 Å². The maximum Gasteiger partial charge on any atom is 0.274 e. The Labute approximate surface area is 81.6 Å². The molecule has 0 saturated heterocycles. The summed E-state index contributed by atoms with van der Waals surface area (Å²) < 4.78 is 4.96. The molecule has 0 radical (unpaired) electrons. The molecule has 1 atom stereocenters. The molecule has 5 nitrogen and oxygen atoms in total. The van der Waals surface area contributed by atoms with Crippen LogP contribution in [-0.2, 0) is 0 Å². The Morgan fingerprint density at radius 1 is 1.57 bits per heavy atom. The van der Waals surface area contributed by atoms with Crippen LogP contribution in [0.4, 0.5) is 5.69 Å². The molecule has 0 spiro atoms. The van der Waals surface area contributed by atoms with E-state index in [0.717, 1.165) is 0 Å². The monoisotopic (exact) mass is 196 g/mol. The molecule has 2 N–H and O–H groups in total. The lowest BCUT2D eigenvalue weighted by molar-refractivity contribution is -0.385. The van der Waals surface area contributed by atoms with Gasteiger partial charge in [-0.2, -0.15) is 0 Å². The number of benzene rings is 1. The number of nitro groups is 1. The Morgan fingerprint density at radius 2 is 2.21 bits per heavy atom. The minimum atomic E-state index is -0.446. The SMILES string of the molecule is COc1ccc([N+](=O)[O-])c([C@H](C)N)c1. The van der Waals surface area contributed by atoms with Crippen LogP contribution in [-0.4, -0.2) is 12.0 Å². The molecular weight excluding hydrogens is 184 g/mol. The van der Waals surface area contributed by atoms with Gasteiger partial charge < -0.3 is 10.5 Å². The van der Waals surface area contributed by atoms with Gasteiger partial charge in [-0.15, -0.1) is 0 Å². The summed E-state index contributed by atoms with van der Waals surface area (Å²) in [5.74, 6) is 0.572.